The first kappa shape index (κ1) is 14.3. The molecule has 2 aromatic rings. The third-order valence-electron chi connectivity index (χ3n) is 3.53. The van der Waals surface area contributed by atoms with Gasteiger partial charge in [-0.1, -0.05) is 6.08 Å². The normalized spacial score (nSPS) is 19.3. The Labute approximate surface area is 124 Å². The lowest BCUT2D eigenvalue weighted by atomic mass is 9.94. The first-order chi connectivity index (χ1) is 10.0. The Morgan fingerprint density at radius 2 is 2.29 bits per heavy atom. The van der Waals surface area contributed by atoms with E-state index in [1.165, 1.54) is 0 Å². The number of halogens is 3. The van der Waals surface area contributed by atoms with Crippen LogP contribution in [0.3, 0.4) is 0 Å². The van der Waals surface area contributed by atoms with Gasteiger partial charge in [0.2, 0.25) is 5.28 Å². The molecule has 112 valence electrons. The lowest BCUT2D eigenvalue weighted by Crippen LogP contribution is -2.18. The van der Waals surface area contributed by atoms with Crippen molar-refractivity contribution in [2.75, 3.05) is 0 Å². The van der Waals surface area contributed by atoms with Crippen LogP contribution in [0.4, 0.5) is 8.78 Å². The van der Waals surface area contributed by atoms with E-state index in [1.54, 1.807) is 17.9 Å². The van der Waals surface area contributed by atoms with Gasteiger partial charge in [0.1, 0.15) is 16.7 Å². The number of alkyl halides is 2. The molecule has 8 heteroatoms. The van der Waals surface area contributed by atoms with Gasteiger partial charge >= 0.3 is 6.61 Å². The Balaban J connectivity index is 1.91. The van der Waals surface area contributed by atoms with E-state index in [9.17, 15) is 8.78 Å². The van der Waals surface area contributed by atoms with Crippen molar-refractivity contribution in [3.05, 3.63) is 23.3 Å². The molecule has 2 aromatic heterocycles. The van der Waals surface area contributed by atoms with E-state index >= 15 is 0 Å². The highest BCUT2D eigenvalue weighted by Crippen LogP contribution is 2.31. The van der Waals surface area contributed by atoms with E-state index in [0.29, 0.717) is 24.8 Å². The summed E-state index contributed by atoms with van der Waals surface area (Å²) in [6, 6.07) is 0. The molecule has 1 unspecified atom stereocenters. The zero-order chi connectivity index (χ0) is 15.0. The summed E-state index contributed by atoms with van der Waals surface area (Å²) in [6.45, 7) is -2.73. The molecule has 0 radical (unpaired) electrons. The zero-order valence-electron chi connectivity index (χ0n) is 11.3. The number of hydrogen-bond donors (Lipinski definition) is 0. The van der Waals surface area contributed by atoms with Crippen molar-refractivity contribution in [1.82, 2.24) is 19.7 Å². The fourth-order valence-electron chi connectivity index (χ4n) is 2.53. The average molecular weight is 315 g/mol. The molecule has 0 N–H and O–H groups in total. The number of fused-ring (bicyclic) bond motifs is 1. The van der Waals surface area contributed by atoms with E-state index in [2.05, 4.69) is 19.8 Å². The molecule has 0 bridgehead atoms. The van der Waals surface area contributed by atoms with Crippen LogP contribution >= 0.6 is 11.6 Å². The molecule has 0 spiro atoms. The van der Waals surface area contributed by atoms with Crippen LogP contribution in [0.5, 0.6) is 0 Å². The molecule has 21 heavy (non-hydrogen) atoms. The fourth-order valence-corrected chi connectivity index (χ4v) is 2.66. The predicted molar refractivity (Wildman–Crippen MR) is 74.0 cm³/mol. The van der Waals surface area contributed by atoms with E-state index in [4.69, 9.17) is 11.6 Å². The predicted octanol–water partition coefficient (Wildman–Crippen LogP) is 3.19. The summed E-state index contributed by atoms with van der Waals surface area (Å²) in [6.07, 6.45) is 4.65. The average Bonchev–Trinajstić information content (AvgIpc) is 2.76. The highest BCUT2D eigenvalue weighted by molar-refractivity contribution is 6.28. The van der Waals surface area contributed by atoms with Crippen LogP contribution in [0.1, 0.15) is 25.0 Å². The number of hydrogen-bond acceptors (Lipinski definition) is 4. The third kappa shape index (κ3) is 2.89. The summed E-state index contributed by atoms with van der Waals surface area (Å²) in [5, 5.41) is 4.60. The number of ether oxygens (including phenoxy) is 1. The summed E-state index contributed by atoms with van der Waals surface area (Å²) in [5.74, 6) is 0. The maximum Gasteiger partial charge on any atom is 0.345 e. The van der Waals surface area contributed by atoms with Crippen molar-refractivity contribution < 1.29 is 13.5 Å². The van der Waals surface area contributed by atoms with Crippen LogP contribution in [0.15, 0.2) is 12.3 Å². The monoisotopic (exact) mass is 314 g/mol. The molecular weight excluding hydrogens is 302 g/mol. The highest BCUT2D eigenvalue weighted by Gasteiger charge is 2.22. The molecule has 1 atom stereocenters. The van der Waals surface area contributed by atoms with Crippen molar-refractivity contribution in [2.45, 2.75) is 32.0 Å². The Hall–Kier alpha value is -1.60. The van der Waals surface area contributed by atoms with Gasteiger partial charge < -0.3 is 4.74 Å². The van der Waals surface area contributed by atoms with Gasteiger partial charge in [0, 0.05) is 7.05 Å². The molecule has 1 aliphatic carbocycles. The van der Waals surface area contributed by atoms with Crippen LogP contribution in [0.25, 0.3) is 16.6 Å². The van der Waals surface area contributed by atoms with Crippen LogP contribution in [-0.2, 0) is 11.8 Å². The summed E-state index contributed by atoms with van der Waals surface area (Å²) in [4.78, 5) is 8.16. The van der Waals surface area contributed by atoms with Crippen LogP contribution in [0.2, 0.25) is 5.28 Å². The molecular formula is C13H13ClF2N4O. The molecule has 3 rings (SSSR count). The highest BCUT2D eigenvalue weighted by atomic mass is 35.5. The van der Waals surface area contributed by atoms with E-state index < -0.39 is 12.7 Å². The van der Waals surface area contributed by atoms with Crippen molar-refractivity contribution >= 4 is 28.2 Å². The van der Waals surface area contributed by atoms with Gasteiger partial charge in [-0.25, -0.2) is 9.97 Å². The number of aryl methyl sites for hydroxylation is 1. The molecule has 0 fully saturated rings. The van der Waals surface area contributed by atoms with Crippen molar-refractivity contribution in [2.24, 2.45) is 7.05 Å². The lowest BCUT2D eigenvalue weighted by Gasteiger charge is -2.21. The molecule has 0 saturated carbocycles. The number of rotatable bonds is 3. The summed E-state index contributed by atoms with van der Waals surface area (Å²) >= 11 is 5.84. The molecule has 0 aromatic carbocycles. The minimum Gasteiger partial charge on any atom is -0.319 e. The van der Waals surface area contributed by atoms with Gasteiger partial charge in [0.25, 0.3) is 0 Å². The summed E-state index contributed by atoms with van der Waals surface area (Å²) in [7, 11) is 1.80. The molecule has 2 heterocycles. The zero-order valence-corrected chi connectivity index (χ0v) is 12.0. The summed E-state index contributed by atoms with van der Waals surface area (Å²) < 4.78 is 30.6. The van der Waals surface area contributed by atoms with E-state index in [-0.39, 0.29) is 5.28 Å². The second-order valence-electron chi connectivity index (χ2n) is 4.87. The number of nitrogens with zero attached hydrogens (tertiary/aromatic N) is 4. The van der Waals surface area contributed by atoms with Gasteiger partial charge in [-0.2, -0.15) is 13.9 Å². The minimum atomic E-state index is -2.73. The Morgan fingerprint density at radius 1 is 1.48 bits per heavy atom. The number of allylic oxidation sites excluding steroid dienone is 1. The van der Waals surface area contributed by atoms with Crippen molar-refractivity contribution in [3.63, 3.8) is 0 Å². The molecule has 5 nitrogen and oxygen atoms in total. The lowest BCUT2D eigenvalue weighted by molar-refractivity contribution is -0.163. The van der Waals surface area contributed by atoms with E-state index in [0.717, 1.165) is 16.8 Å². The SMILES string of the molecule is Cn1nc(C2=CCC(OC(F)F)CC2)c2nc(Cl)ncc21. The first-order valence-corrected chi connectivity index (χ1v) is 6.90. The minimum absolute atomic E-state index is 0.159. The Bertz CT molecular complexity index is 701. The van der Waals surface area contributed by atoms with Crippen LogP contribution in [-0.4, -0.2) is 32.5 Å². The van der Waals surface area contributed by atoms with Crippen LogP contribution < -0.4 is 0 Å². The van der Waals surface area contributed by atoms with Crippen molar-refractivity contribution in [1.29, 1.82) is 0 Å². The van der Waals surface area contributed by atoms with Gasteiger partial charge in [0.05, 0.1) is 12.3 Å². The fraction of sp³-hybridized carbons (Fsp3) is 0.462. The van der Waals surface area contributed by atoms with Gasteiger partial charge in [-0.05, 0) is 36.4 Å². The largest absolute Gasteiger partial charge is 0.345 e. The second-order valence-corrected chi connectivity index (χ2v) is 5.21. The summed E-state index contributed by atoms with van der Waals surface area (Å²) in [5.41, 5.74) is 3.16. The van der Waals surface area contributed by atoms with Gasteiger partial charge in [0.15, 0.2) is 0 Å². The van der Waals surface area contributed by atoms with Crippen molar-refractivity contribution in [3.8, 4) is 0 Å². The number of aromatic nitrogens is 4. The van der Waals surface area contributed by atoms with E-state index in [1.807, 2.05) is 6.08 Å². The smallest absolute Gasteiger partial charge is 0.319 e. The first-order valence-electron chi connectivity index (χ1n) is 6.53. The third-order valence-corrected chi connectivity index (χ3v) is 3.71. The second kappa shape index (κ2) is 5.65. The Kier molecular flexibility index (Phi) is 3.86. The van der Waals surface area contributed by atoms with Gasteiger partial charge in [-0.15, -0.1) is 0 Å². The molecule has 0 saturated heterocycles. The maximum absolute atomic E-state index is 12.2. The molecule has 1 aliphatic rings. The van der Waals surface area contributed by atoms with Gasteiger partial charge in [-0.3, -0.25) is 4.68 Å². The Morgan fingerprint density at radius 3 is 2.95 bits per heavy atom. The quantitative estimate of drug-likeness (QED) is 0.816. The standard InChI is InChI=1S/C13H13ClF2N4O/c1-20-9-6-17-12(14)18-11(9)10(19-20)7-2-4-8(5-3-7)21-13(15)16/h2,6,8,13H,3-5H2,1H3. The topological polar surface area (TPSA) is 52.8 Å². The molecule has 0 amide bonds. The maximum atomic E-state index is 12.2. The molecule has 0 aliphatic heterocycles. The van der Waals surface area contributed by atoms with Crippen LogP contribution in [0, 0.1) is 0 Å².